The maximum atomic E-state index is 13.7. The first-order valence-electron chi connectivity index (χ1n) is 11.1. The first kappa shape index (κ1) is 21.3. The Bertz CT molecular complexity index is 1300. The van der Waals surface area contributed by atoms with Crippen LogP contribution in [0.2, 0.25) is 0 Å². The van der Waals surface area contributed by atoms with Crippen LogP contribution in [0.5, 0.6) is 0 Å². The fourth-order valence-electron chi connectivity index (χ4n) is 4.31. The Hall–Kier alpha value is -3.58. The first-order chi connectivity index (χ1) is 16.0. The number of benzene rings is 2. The second-order valence-corrected chi connectivity index (χ2v) is 8.67. The van der Waals surface area contributed by atoms with Crippen molar-refractivity contribution in [1.82, 2.24) is 19.7 Å². The minimum Gasteiger partial charge on any atom is -0.391 e. The van der Waals surface area contributed by atoms with Gasteiger partial charge in [-0.25, -0.2) is 14.1 Å². The van der Waals surface area contributed by atoms with Crippen LogP contribution in [0.4, 0.5) is 4.39 Å². The zero-order valence-electron chi connectivity index (χ0n) is 18.4. The van der Waals surface area contributed by atoms with Gasteiger partial charge in [0.05, 0.1) is 35.5 Å². The third-order valence-electron chi connectivity index (χ3n) is 6.34. The van der Waals surface area contributed by atoms with E-state index in [0.29, 0.717) is 41.9 Å². The molecule has 5 rings (SSSR count). The van der Waals surface area contributed by atoms with Crippen LogP contribution in [0, 0.1) is 11.7 Å². The molecule has 1 N–H and O–H groups in total. The van der Waals surface area contributed by atoms with Crippen LogP contribution in [0.1, 0.15) is 29.3 Å². The summed E-state index contributed by atoms with van der Waals surface area (Å²) in [5.41, 5.74) is 3.38. The lowest BCUT2D eigenvalue weighted by molar-refractivity contribution is 0.0250. The fourth-order valence-corrected chi connectivity index (χ4v) is 4.31. The van der Waals surface area contributed by atoms with Crippen LogP contribution >= 0.6 is 0 Å². The topological polar surface area (TPSA) is 71.2 Å². The molecule has 1 fully saturated rings. The summed E-state index contributed by atoms with van der Waals surface area (Å²) in [5, 5.41) is 15.5. The van der Waals surface area contributed by atoms with Crippen LogP contribution in [0.15, 0.2) is 66.9 Å². The zero-order chi connectivity index (χ0) is 22.9. The van der Waals surface area contributed by atoms with Gasteiger partial charge in [-0.3, -0.25) is 4.79 Å². The van der Waals surface area contributed by atoms with Gasteiger partial charge in [-0.1, -0.05) is 49.4 Å². The number of aromatic nitrogens is 3. The van der Waals surface area contributed by atoms with Crippen molar-refractivity contribution in [2.75, 3.05) is 13.1 Å². The molecule has 0 spiro atoms. The minimum absolute atomic E-state index is 0.143. The predicted molar refractivity (Wildman–Crippen MR) is 124 cm³/mol. The monoisotopic (exact) mass is 444 g/mol. The molecule has 0 saturated carbocycles. The van der Waals surface area contributed by atoms with E-state index in [4.69, 9.17) is 4.98 Å². The van der Waals surface area contributed by atoms with E-state index in [2.05, 4.69) is 5.10 Å². The highest BCUT2D eigenvalue weighted by molar-refractivity contribution is 6.06. The molecule has 168 valence electrons. The van der Waals surface area contributed by atoms with E-state index in [-0.39, 0.29) is 17.6 Å². The molecular weight excluding hydrogens is 419 g/mol. The minimum atomic E-state index is -0.538. The highest BCUT2D eigenvalue weighted by atomic mass is 19.1. The van der Waals surface area contributed by atoms with Gasteiger partial charge in [0.2, 0.25) is 0 Å². The molecule has 7 heteroatoms. The molecule has 6 nitrogen and oxygen atoms in total. The number of piperidine rings is 1. The third kappa shape index (κ3) is 4.24. The molecule has 3 heterocycles. The van der Waals surface area contributed by atoms with E-state index >= 15 is 0 Å². The molecule has 1 aliphatic rings. The lowest BCUT2D eigenvalue weighted by atomic mass is 9.95. The quantitative estimate of drug-likeness (QED) is 0.514. The van der Waals surface area contributed by atoms with Crippen LogP contribution in [-0.2, 0) is 6.54 Å². The average Bonchev–Trinajstić information content (AvgIpc) is 3.23. The van der Waals surface area contributed by atoms with Crippen molar-refractivity contribution in [1.29, 1.82) is 0 Å². The number of pyridine rings is 1. The van der Waals surface area contributed by atoms with Crippen molar-refractivity contribution in [3.8, 4) is 11.3 Å². The molecule has 1 aliphatic heterocycles. The summed E-state index contributed by atoms with van der Waals surface area (Å²) in [5.74, 6) is -0.285. The second kappa shape index (κ2) is 8.75. The highest BCUT2D eigenvalue weighted by Crippen LogP contribution is 2.28. The summed E-state index contributed by atoms with van der Waals surface area (Å²) in [4.78, 5) is 20.1. The van der Waals surface area contributed by atoms with Crippen molar-refractivity contribution < 1.29 is 14.3 Å². The van der Waals surface area contributed by atoms with Gasteiger partial charge in [0.1, 0.15) is 5.82 Å². The third-order valence-corrected chi connectivity index (χ3v) is 6.34. The summed E-state index contributed by atoms with van der Waals surface area (Å²) >= 11 is 0. The number of rotatable bonds is 4. The lowest BCUT2D eigenvalue weighted by Crippen LogP contribution is -2.45. The molecule has 2 aromatic heterocycles. The number of carbonyl (C=O) groups is 1. The van der Waals surface area contributed by atoms with Gasteiger partial charge in [0, 0.05) is 18.7 Å². The second-order valence-electron chi connectivity index (χ2n) is 8.67. The SMILES string of the molecule is CC1CCN(C(=O)c2cc(-c3ccccc3)nc3c2cnn3Cc2cccc(F)c2)CC1O. The van der Waals surface area contributed by atoms with Crippen molar-refractivity contribution >= 4 is 16.9 Å². The van der Waals surface area contributed by atoms with E-state index in [0.717, 1.165) is 17.5 Å². The van der Waals surface area contributed by atoms with E-state index in [1.165, 1.54) is 12.1 Å². The van der Waals surface area contributed by atoms with E-state index in [9.17, 15) is 14.3 Å². The number of hydrogen-bond acceptors (Lipinski definition) is 4. The molecule has 0 aliphatic carbocycles. The van der Waals surface area contributed by atoms with Crippen molar-refractivity contribution in [3.63, 3.8) is 0 Å². The molecule has 2 unspecified atom stereocenters. The van der Waals surface area contributed by atoms with Crippen molar-refractivity contribution in [3.05, 3.63) is 83.8 Å². The van der Waals surface area contributed by atoms with Crippen LogP contribution in [0.25, 0.3) is 22.3 Å². The Kier molecular flexibility index (Phi) is 5.64. The summed E-state index contributed by atoms with van der Waals surface area (Å²) in [6, 6.07) is 17.8. The standard InChI is InChI=1S/C26H25FN4O2/c1-17-10-11-30(16-24(17)32)26(33)21-13-23(19-7-3-2-4-8-19)29-25-22(21)14-28-31(25)15-18-6-5-9-20(27)12-18/h2-9,12-14,17,24,32H,10-11,15-16H2,1H3. The number of likely N-dealkylation sites (tertiary alicyclic amines) is 1. The smallest absolute Gasteiger partial charge is 0.254 e. The van der Waals surface area contributed by atoms with Crippen molar-refractivity contribution in [2.24, 2.45) is 5.92 Å². The Morgan fingerprint density at radius 2 is 1.97 bits per heavy atom. The number of β-amino-alcohol motifs (C(OH)–C–C–N with tert-alkyl or cyclic N) is 1. The van der Waals surface area contributed by atoms with Crippen LogP contribution in [-0.4, -0.2) is 49.9 Å². The molecule has 1 saturated heterocycles. The maximum absolute atomic E-state index is 13.7. The largest absolute Gasteiger partial charge is 0.391 e. The molecular formula is C26H25FN4O2. The predicted octanol–water partition coefficient (Wildman–Crippen LogP) is 4.13. The number of carbonyl (C=O) groups excluding carboxylic acids is 1. The first-order valence-corrected chi connectivity index (χ1v) is 11.1. The number of fused-ring (bicyclic) bond motifs is 1. The van der Waals surface area contributed by atoms with Gasteiger partial charge < -0.3 is 10.0 Å². The summed E-state index contributed by atoms with van der Waals surface area (Å²) < 4.78 is 15.4. The van der Waals surface area contributed by atoms with E-state index in [1.807, 2.05) is 43.3 Å². The molecule has 2 aromatic carbocycles. The van der Waals surface area contributed by atoms with Gasteiger partial charge >= 0.3 is 0 Å². The normalized spacial score (nSPS) is 18.6. The van der Waals surface area contributed by atoms with Crippen molar-refractivity contribution in [2.45, 2.75) is 26.0 Å². The molecule has 0 radical (unpaired) electrons. The summed E-state index contributed by atoms with van der Waals surface area (Å²) in [7, 11) is 0. The number of aliphatic hydroxyl groups excluding tert-OH is 1. The molecule has 1 amide bonds. The van der Waals surface area contributed by atoms with E-state index < -0.39 is 6.10 Å². The Morgan fingerprint density at radius 3 is 2.73 bits per heavy atom. The molecule has 2 atom stereocenters. The van der Waals surface area contributed by atoms with Gasteiger partial charge in [0.15, 0.2) is 5.65 Å². The van der Waals surface area contributed by atoms with Gasteiger partial charge in [0.25, 0.3) is 5.91 Å². The number of halogens is 1. The average molecular weight is 445 g/mol. The number of nitrogens with zero attached hydrogens (tertiary/aromatic N) is 4. The van der Waals surface area contributed by atoms with E-state index in [1.54, 1.807) is 27.9 Å². The lowest BCUT2D eigenvalue weighted by Gasteiger charge is -2.34. The summed E-state index contributed by atoms with van der Waals surface area (Å²) in [6.45, 7) is 3.24. The fraction of sp³-hybridized carbons (Fsp3) is 0.269. The Morgan fingerprint density at radius 1 is 1.15 bits per heavy atom. The van der Waals surface area contributed by atoms with Crippen LogP contribution in [0.3, 0.4) is 0 Å². The van der Waals surface area contributed by atoms with Gasteiger partial charge in [-0.15, -0.1) is 0 Å². The maximum Gasteiger partial charge on any atom is 0.254 e. The van der Waals surface area contributed by atoms with Gasteiger partial charge in [-0.05, 0) is 36.1 Å². The zero-order valence-corrected chi connectivity index (χ0v) is 18.4. The number of aliphatic hydroxyl groups is 1. The van der Waals surface area contributed by atoms with Crippen LogP contribution < -0.4 is 0 Å². The summed E-state index contributed by atoms with van der Waals surface area (Å²) in [6.07, 6.45) is 1.86. The Labute approximate surface area is 191 Å². The Balaban J connectivity index is 1.60. The number of hydrogen-bond donors (Lipinski definition) is 1. The molecule has 33 heavy (non-hydrogen) atoms. The highest BCUT2D eigenvalue weighted by Gasteiger charge is 2.29. The molecule has 4 aromatic rings. The molecule has 0 bridgehead atoms. The number of amides is 1. The van der Waals surface area contributed by atoms with Gasteiger partial charge in [-0.2, -0.15) is 5.10 Å².